The number of ether oxygens (including phenoxy) is 2. The number of morpholine rings is 1. The minimum absolute atomic E-state index is 0.0674. The van der Waals surface area contributed by atoms with Gasteiger partial charge >= 0.3 is 12.2 Å². The Morgan fingerprint density at radius 3 is 2.16 bits per heavy atom. The topological polar surface area (TPSA) is 243 Å². The summed E-state index contributed by atoms with van der Waals surface area (Å²) in [4.78, 5) is 122. The van der Waals surface area contributed by atoms with Gasteiger partial charge in [-0.2, -0.15) is 0 Å². The molecule has 4 aromatic rings. The monoisotopic (exact) mass is 1210 g/mol. The Labute approximate surface area is 504 Å². The summed E-state index contributed by atoms with van der Waals surface area (Å²) in [5.74, 6) is -6.67. The average molecular weight is 1210 g/mol. The van der Waals surface area contributed by atoms with Crippen LogP contribution in [0.1, 0.15) is 103 Å². The van der Waals surface area contributed by atoms with Crippen LogP contribution < -0.4 is 26.2 Å². The Balaban J connectivity index is 1.02. The first-order chi connectivity index (χ1) is 40.8. The molecule has 4 aromatic carbocycles. The molecule has 4 heterocycles. The number of fused-ring (bicyclic) bond motifs is 2. The summed E-state index contributed by atoms with van der Waals surface area (Å²) >= 11 is 0. The van der Waals surface area contributed by atoms with Crippen LogP contribution in [0.4, 0.5) is 39.8 Å². The van der Waals surface area contributed by atoms with Crippen molar-refractivity contribution < 1.29 is 66.1 Å². The number of rotatable bonds is 16. The first kappa shape index (κ1) is 64.9. The van der Waals surface area contributed by atoms with Gasteiger partial charge in [-0.3, -0.25) is 43.5 Å². The van der Waals surface area contributed by atoms with Crippen molar-refractivity contribution in [2.45, 2.75) is 129 Å². The Morgan fingerprint density at radius 2 is 1.52 bits per heavy atom. The van der Waals surface area contributed by atoms with Gasteiger partial charge in [0, 0.05) is 75.8 Å². The molecule has 468 valence electrons. The number of para-hydroxylation sites is 1. The maximum Gasteiger partial charge on any atom is 0.410 e. The Kier molecular flexibility index (Phi) is 19.5. The number of anilines is 3. The molecular weight excluding hydrogens is 1130 g/mol. The Hall–Kier alpha value is -8.09. The van der Waals surface area contributed by atoms with Crippen LogP contribution >= 0.6 is 0 Å². The largest absolute Gasteiger partial charge is 0.465 e. The normalized spacial score (nSPS) is 21.2. The van der Waals surface area contributed by atoms with Gasteiger partial charge in [-0.1, -0.05) is 57.2 Å². The highest BCUT2D eigenvalue weighted by atomic mass is 19.1. The fourth-order valence-corrected chi connectivity index (χ4v) is 11.5. The van der Waals surface area contributed by atoms with Crippen LogP contribution in [0.3, 0.4) is 0 Å². The van der Waals surface area contributed by atoms with E-state index >= 15 is 8.78 Å². The maximum absolute atomic E-state index is 15.1. The summed E-state index contributed by atoms with van der Waals surface area (Å²) in [5.41, 5.74) is -0.773. The second kappa shape index (κ2) is 26.1. The molecular formula is C63H79F3N10O11. The fraction of sp³-hybridized carbons (Fsp3) is 0.492. The van der Waals surface area contributed by atoms with Gasteiger partial charge < -0.3 is 50.5 Å². The molecule has 0 bridgehead atoms. The molecule has 4 aliphatic rings. The van der Waals surface area contributed by atoms with Crippen LogP contribution in [0.15, 0.2) is 78.9 Å². The summed E-state index contributed by atoms with van der Waals surface area (Å²) < 4.78 is 55.3. The van der Waals surface area contributed by atoms with E-state index in [1.54, 1.807) is 84.6 Å². The minimum atomic E-state index is -1.58. The number of amides is 8. The number of carbonyl (C=O) groups excluding carboxylic acids is 7. The van der Waals surface area contributed by atoms with Crippen molar-refractivity contribution in [1.82, 2.24) is 35.1 Å². The average Bonchev–Trinajstić information content (AvgIpc) is 1.66. The number of piperazine rings is 1. The van der Waals surface area contributed by atoms with Gasteiger partial charge in [-0.25, -0.2) is 22.8 Å². The number of halogens is 3. The fourth-order valence-electron chi connectivity index (χ4n) is 11.5. The molecule has 5 N–H and O–H groups in total. The lowest BCUT2D eigenvalue weighted by Crippen LogP contribution is -2.64. The number of benzene rings is 4. The number of likely N-dealkylation sites (N-methyl/N-ethyl adjacent to an activating group) is 1. The van der Waals surface area contributed by atoms with Gasteiger partial charge in [0.1, 0.15) is 46.9 Å². The summed E-state index contributed by atoms with van der Waals surface area (Å²) in [6.07, 6.45) is -1.46. The molecule has 2 unspecified atom stereocenters. The minimum Gasteiger partial charge on any atom is -0.465 e. The summed E-state index contributed by atoms with van der Waals surface area (Å²) in [5, 5.41) is 20.7. The predicted molar refractivity (Wildman–Crippen MR) is 318 cm³/mol. The molecule has 0 saturated carbocycles. The highest BCUT2D eigenvalue weighted by Crippen LogP contribution is 2.43. The van der Waals surface area contributed by atoms with E-state index in [-0.39, 0.29) is 62.0 Å². The van der Waals surface area contributed by atoms with E-state index in [9.17, 15) is 47.9 Å². The molecule has 8 rings (SSSR count). The lowest BCUT2D eigenvalue weighted by molar-refractivity contribution is -0.145. The van der Waals surface area contributed by atoms with Gasteiger partial charge in [0.25, 0.3) is 5.91 Å². The van der Waals surface area contributed by atoms with Crippen molar-refractivity contribution >= 4 is 64.7 Å². The SMILES string of the molecule is CC1CN(CC(=O)N2C[C@@](C)(C(=O)NCC(=O)Nc3ccc4c(c3)[C@@H](C(=O)Nc3c(F)cccc3F)N(C(=O)[C@@H](NC(=O)[C@H](C)N(C)C(=O)OC(C)(C)C)C(C)(C)C)C4)c3ccc(Cc4ccc(F)cc4)cc32)C(CN2CCOC[C@H]2C)CN1C(=O)O. The van der Waals surface area contributed by atoms with Crippen LogP contribution in [0.5, 0.6) is 0 Å². The van der Waals surface area contributed by atoms with Crippen molar-refractivity contribution in [3.8, 4) is 0 Å². The zero-order valence-electron chi connectivity index (χ0n) is 51.1. The summed E-state index contributed by atoms with van der Waals surface area (Å²) in [6, 6.07) is 14.3. The molecule has 2 saturated heterocycles. The standard InChI is InChI=1S/C63H79F3N10O11/c1-36-29-73(44(32-74(36)59(83)84)31-72-23-24-86-34-37(72)2)33-51(78)76-35-63(10,46-22-17-40(26-49(46)76)25-39-15-19-42(64)20-16-39)58(82)67-28-50(77)68-43-21-18-41-30-75(53(45(41)27-43)56(80)69-52-47(65)13-12-14-48(52)66)57(81)54(61(4,5)6)70-55(79)38(3)71(11)60(85)87-62(7,8)9/h12-22,26-27,36-38,44,53-54H,23-25,28-35H2,1-11H3,(H,67,82)(H,68,77)(H,69,80)(H,70,79)(H,83,84)/t36?,37-,38+,44?,53+,54-,63-/m1/s1. The van der Waals surface area contributed by atoms with E-state index in [0.29, 0.717) is 49.5 Å². The van der Waals surface area contributed by atoms with Crippen molar-refractivity contribution in [2.75, 3.05) is 81.6 Å². The second-order valence-corrected chi connectivity index (χ2v) is 25.4. The smallest absolute Gasteiger partial charge is 0.410 e. The number of nitrogens with one attached hydrogen (secondary N) is 4. The molecule has 0 aliphatic carbocycles. The molecule has 21 nitrogen and oxygen atoms in total. The Bertz CT molecular complexity index is 3280. The van der Waals surface area contributed by atoms with Crippen LogP contribution in [0.2, 0.25) is 0 Å². The van der Waals surface area contributed by atoms with E-state index in [0.717, 1.165) is 39.1 Å². The molecule has 0 radical (unpaired) electrons. The van der Waals surface area contributed by atoms with Gasteiger partial charge in [0.15, 0.2) is 0 Å². The van der Waals surface area contributed by atoms with Gasteiger partial charge in [0.2, 0.25) is 29.5 Å². The molecule has 2 fully saturated rings. The highest BCUT2D eigenvalue weighted by Gasteiger charge is 2.49. The third-order valence-corrected chi connectivity index (χ3v) is 16.6. The number of hydrogen-bond acceptors (Lipinski definition) is 12. The van der Waals surface area contributed by atoms with Crippen LogP contribution in [-0.4, -0.2) is 179 Å². The van der Waals surface area contributed by atoms with Gasteiger partial charge in [-0.15, -0.1) is 0 Å². The molecule has 7 atom stereocenters. The molecule has 24 heteroatoms. The maximum atomic E-state index is 15.1. The van der Waals surface area contributed by atoms with Gasteiger partial charge in [-0.05, 0) is 131 Å². The zero-order valence-corrected chi connectivity index (χ0v) is 51.1. The van der Waals surface area contributed by atoms with E-state index in [1.165, 1.54) is 43.1 Å². The number of nitrogens with zero attached hydrogens (tertiary/aromatic N) is 6. The molecule has 0 aromatic heterocycles. The van der Waals surface area contributed by atoms with Crippen molar-refractivity contribution in [3.63, 3.8) is 0 Å². The Morgan fingerprint density at radius 1 is 0.839 bits per heavy atom. The van der Waals surface area contributed by atoms with E-state index in [2.05, 4.69) is 26.2 Å². The second-order valence-electron chi connectivity index (χ2n) is 25.4. The van der Waals surface area contributed by atoms with E-state index < -0.39 is 112 Å². The van der Waals surface area contributed by atoms with Gasteiger partial charge in [0.05, 0.1) is 31.7 Å². The zero-order chi connectivity index (χ0) is 63.6. The van der Waals surface area contributed by atoms with Crippen molar-refractivity contribution in [2.24, 2.45) is 5.41 Å². The summed E-state index contributed by atoms with van der Waals surface area (Å²) in [7, 11) is 1.37. The third-order valence-electron chi connectivity index (χ3n) is 16.6. The van der Waals surface area contributed by atoms with Crippen LogP contribution in [0.25, 0.3) is 0 Å². The highest BCUT2D eigenvalue weighted by molar-refractivity contribution is 6.05. The first-order valence-electron chi connectivity index (χ1n) is 29.1. The van der Waals surface area contributed by atoms with Crippen molar-refractivity contribution in [3.05, 3.63) is 124 Å². The lowest BCUT2D eigenvalue weighted by atomic mass is 9.83. The predicted octanol–water partition coefficient (Wildman–Crippen LogP) is 6.64. The molecule has 87 heavy (non-hydrogen) atoms. The van der Waals surface area contributed by atoms with E-state index in [1.807, 2.05) is 24.0 Å². The number of carboxylic acid groups (broad SMARTS) is 1. The molecule has 0 spiro atoms. The van der Waals surface area contributed by atoms with Crippen LogP contribution in [-0.2, 0) is 56.6 Å². The number of carbonyl (C=O) groups is 8. The first-order valence-corrected chi connectivity index (χ1v) is 29.1. The third kappa shape index (κ3) is 14.8. The summed E-state index contributed by atoms with van der Waals surface area (Å²) in [6.45, 7) is 18.6. The number of hydrogen-bond donors (Lipinski definition) is 5. The molecule has 4 aliphatic heterocycles. The quantitative estimate of drug-likeness (QED) is 0.0792. The van der Waals surface area contributed by atoms with Crippen molar-refractivity contribution in [1.29, 1.82) is 0 Å². The lowest BCUT2D eigenvalue weighted by Gasteiger charge is -2.47. The molecule has 8 amide bonds. The van der Waals surface area contributed by atoms with E-state index in [4.69, 9.17) is 9.47 Å². The van der Waals surface area contributed by atoms with Crippen LogP contribution in [0, 0.1) is 22.9 Å².